The Bertz CT molecular complexity index is 1600. The second kappa shape index (κ2) is 14.2. The summed E-state index contributed by atoms with van der Waals surface area (Å²) < 4.78 is 34.2. The van der Waals surface area contributed by atoms with E-state index in [0.717, 1.165) is 22.5 Å². The van der Waals surface area contributed by atoms with Gasteiger partial charge in [-0.25, -0.2) is 13.8 Å². The van der Waals surface area contributed by atoms with E-state index in [1.807, 2.05) is 61.6 Å². The fourth-order valence-electron chi connectivity index (χ4n) is 5.56. The number of nitrogens with one attached hydrogen (secondary N) is 1. The molecule has 1 aliphatic heterocycles. The number of carbonyl (C=O) groups excluding carboxylic acids is 1. The monoisotopic (exact) mass is 616 g/mol. The highest BCUT2D eigenvalue weighted by molar-refractivity contribution is 5.80. The minimum atomic E-state index is -1.13. The van der Waals surface area contributed by atoms with E-state index in [1.54, 1.807) is 18.2 Å². The van der Waals surface area contributed by atoms with E-state index >= 15 is 0 Å². The first kappa shape index (κ1) is 32.0. The van der Waals surface area contributed by atoms with Gasteiger partial charge in [-0.05, 0) is 72.4 Å². The fourth-order valence-corrected chi connectivity index (χ4v) is 5.56. The minimum absolute atomic E-state index is 0.00699. The van der Waals surface area contributed by atoms with Gasteiger partial charge in [0.2, 0.25) is 5.91 Å². The van der Waals surface area contributed by atoms with Crippen LogP contribution in [0.1, 0.15) is 29.2 Å². The molecule has 0 fully saturated rings. The zero-order chi connectivity index (χ0) is 32.1. The van der Waals surface area contributed by atoms with Crippen molar-refractivity contribution in [1.82, 2.24) is 10.3 Å². The topological polar surface area (TPSA) is 121 Å². The molecule has 45 heavy (non-hydrogen) atoms. The highest BCUT2D eigenvalue weighted by Crippen LogP contribution is 2.33. The van der Waals surface area contributed by atoms with Gasteiger partial charge in [0.25, 0.3) is 0 Å². The number of amides is 1. The molecule has 4 aromatic rings. The van der Waals surface area contributed by atoms with Gasteiger partial charge in [0, 0.05) is 43.4 Å². The maximum atomic E-state index is 14.6. The lowest BCUT2D eigenvalue weighted by Crippen LogP contribution is -2.46. The standard InChI is InChI=1S/C35H38F2N4O4/c1-41(2)33-14-11-24(19-39-33)22-9-7-21(8-10-22)15-29(38)30(42)17-25(16-23-5-3-4-6-28(23)37)35(44)40-34-27-18-26(36)12-13-32(27)45-20-31(34)43/h3-14,18-19,25,29-31,34,42-43H,15-17,20,38H2,1-2H3,(H,40,44)/t25-,29+,30+,31-,34+/m1/s1. The van der Waals surface area contributed by atoms with Crippen LogP contribution in [0.4, 0.5) is 14.6 Å². The Hall–Kier alpha value is -4.38. The summed E-state index contributed by atoms with van der Waals surface area (Å²) in [6.07, 6.45) is -0.132. The van der Waals surface area contributed by atoms with E-state index in [-0.39, 0.29) is 19.4 Å². The van der Waals surface area contributed by atoms with Crippen LogP contribution < -0.4 is 20.7 Å². The third-order valence-electron chi connectivity index (χ3n) is 8.18. The summed E-state index contributed by atoms with van der Waals surface area (Å²) in [5, 5.41) is 24.6. The van der Waals surface area contributed by atoms with Crippen LogP contribution in [0.15, 0.2) is 85.1 Å². The lowest BCUT2D eigenvalue weighted by atomic mass is 9.88. The number of anilines is 1. The van der Waals surface area contributed by atoms with Crippen molar-refractivity contribution in [1.29, 1.82) is 0 Å². The number of hydrogen-bond acceptors (Lipinski definition) is 7. The van der Waals surface area contributed by atoms with Gasteiger partial charge >= 0.3 is 0 Å². The molecule has 0 bridgehead atoms. The Labute approximate surface area is 261 Å². The summed E-state index contributed by atoms with van der Waals surface area (Å²) in [6, 6.07) is 20.1. The molecule has 0 spiro atoms. The number of carbonyl (C=O) groups is 1. The number of benzene rings is 3. The normalized spacial score (nSPS) is 17.8. The molecule has 10 heteroatoms. The van der Waals surface area contributed by atoms with E-state index in [9.17, 15) is 23.8 Å². The molecule has 5 atom stereocenters. The summed E-state index contributed by atoms with van der Waals surface area (Å²) in [4.78, 5) is 20.1. The molecule has 5 N–H and O–H groups in total. The molecule has 3 aromatic carbocycles. The van der Waals surface area contributed by atoms with Gasteiger partial charge in [-0.2, -0.15) is 0 Å². The zero-order valence-electron chi connectivity index (χ0n) is 25.2. The molecule has 0 saturated carbocycles. The number of aromatic nitrogens is 1. The van der Waals surface area contributed by atoms with Gasteiger partial charge in [0.1, 0.15) is 35.9 Å². The SMILES string of the molecule is CN(C)c1ccc(-c2ccc(C[C@H](N)[C@@H](O)C[C@@H](Cc3ccccc3F)C(=O)N[C@H]3c4cc(F)ccc4OC[C@H]3O)cc2)cn1. The number of ether oxygens (including phenoxy) is 1. The predicted octanol–water partition coefficient (Wildman–Crippen LogP) is 4.18. The number of aliphatic hydroxyl groups excluding tert-OH is 2. The Balaban J connectivity index is 1.29. The van der Waals surface area contributed by atoms with Crippen molar-refractivity contribution >= 4 is 11.7 Å². The average molecular weight is 617 g/mol. The second-order valence-corrected chi connectivity index (χ2v) is 11.7. The van der Waals surface area contributed by atoms with Crippen LogP contribution in [0.25, 0.3) is 11.1 Å². The van der Waals surface area contributed by atoms with E-state index in [0.29, 0.717) is 23.3 Å². The number of hydrogen-bond donors (Lipinski definition) is 4. The summed E-state index contributed by atoms with van der Waals surface area (Å²) in [5.74, 6) is -1.22. The minimum Gasteiger partial charge on any atom is -0.490 e. The predicted molar refractivity (Wildman–Crippen MR) is 169 cm³/mol. The molecule has 236 valence electrons. The third-order valence-corrected chi connectivity index (χ3v) is 8.18. The quantitative estimate of drug-likeness (QED) is 0.200. The Kier molecular flexibility index (Phi) is 10.1. The largest absolute Gasteiger partial charge is 0.490 e. The van der Waals surface area contributed by atoms with Crippen molar-refractivity contribution in [2.45, 2.75) is 43.6 Å². The highest BCUT2D eigenvalue weighted by atomic mass is 19.1. The molecule has 2 heterocycles. The smallest absolute Gasteiger partial charge is 0.224 e. The second-order valence-electron chi connectivity index (χ2n) is 11.7. The Morgan fingerprint density at radius 2 is 1.78 bits per heavy atom. The van der Waals surface area contributed by atoms with Gasteiger partial charge in [0.15, 0.2) is 0 Å². The number of aliphatic hydroxyl groups is 2. The Morgan fingerprint density at radius 1 is 1.04 bits per heavy atom. The maximum Gasteiger partial charge on any atom is 0.224 e. The lowest BCUT2D eigenvalue weighted by Gasteiger charge is -2.33. The Morgan fingerprint density at radius 3 is 2.47 bits per heavy atom. The molecule has 0 saturated heterocycles. The molecular formula is C35H38F2N4O4. The van der Waals surface area contributed by atoms with Crippen LogP contribution in [0.3, 0.4) is 0 Å². The van der Waals surface area contributed by atoms with Gasteiger partial charge in [-0.1, -0.05) is 42.5 Å². The molecule has 0 unspecified atom stereocenters. The summed E-state index contributed by atoms with van der Waals surface area (Å²) in [5.41, 5.74) is 9.91. The number of nitrogens with zero attached hydrogens (tertiary/aromatic N) is 2. The van der Waals surface area contributed by atoms with Crippen molar-refractivity contribution in [3.8, 4) is 16.9 Å². The van der Waals surface area contributed by atoms with E-state index in [2.05, 4.69) is 10.3 Å². The molecule has 1 aliphatic rings. The van der Waals surface area contributed by atoms with Crippen LogP contribution in [0.2, 0.25) is 0 Å². The third kappa shape index (κ3) is 7.83. The zero-order valence-corrected chi connectivity index (χ0v) is 25.2. The van der Waals surface area contributed by atoms with Crippen molar-refractivity contribution < 1.29 is 28.5 Å². The highest BCUT2D eigenvalue weighted by Gasteiger charge is 2.34. The first-order valence-corrected chi connectivity index (χ1v) is 14.9. The number of fused-ring (bicyclic) bond motifs is 1. The van der Waals surface area contributed by atoms with Crippen LogP contribution >= 0.6 is 0 Å². The molecule has 1 aromatic heterocycles. The van der Waals surface area contributed by atoms with Gasteiger partial charge in [-0.15, -0.1) is 0 Å². The molecular weight excluding hydrogens is 578 g/mol. The van der Waals surface area contributed by atoms with E-state index in [4.69, 9.17) is 10.5 Å². The molecule has 0 radical (unpaired) electrons. The first-order chi connectivity index (χ1) is 21.6. The van der Waals surface area contributed by atoms with Crippen molar-refractivity contribution in [3.63, 3.8) is 0 Å². The van der Waals surface area contributed by atoms with E-state index < -0.39 is 47.8 Å². The van der Waals surface area contributed by atoms with Crippen LogP contribution in [-0.2, 0) is 17.6 Å². The van der Waals surface area contributed by atoms with Gasteiger partial charge in [0.05, 0.1) is 12.1 Å². The van der Waals surface area contributed by atoms with Crippen LogP contribution in [-0.4, -0.2) is 60.1 Å². The summed E-state index contributed by atoms with van der Waals surface area (Å²) in [6.45, 7) is -0.0915. The number of halogens is 2. The van der Waals surface area contributed by atoms with Gasteiger partial charge < -0.3 is 30.9 Å². The molecule has 5 rings (SSSR count). The first-order valence-electron chi connectivity index (χ1n) is 14.9. The number of rotatable bonds is 11. The number of pyridine rings is 1. The van der Waals surface area contributed by atoms with Crippen molar-refractivity contribution in [3.05, 3.63) is 113 Å². The average Bonchev–Trinajstić information content (AvgIpc) is 3.03. The maximum absolute atomic E-state index is 14.6. The van der Waals surface area contributed by atoms with Crippen LogP contribution in [0, 0.1) is 17.6 Å². The fraction of sp³-hybridized carbons (Fsp3) is 0.314. The lowest BCUT2D eigenvalue weighted by molar-refractivity contribution is -0.128. The van der Waals surface area contributed by atoms with Crippen molar-refractivity contribution in [2.24, 2.45) is 11.7 Å². The molecule has 0 aliphatic carbocycles. The molecule has 8 nitrogen and oxygen atoms in total. The van der Waals surface area contributed by atoms with Crippen molar-refractivity contribution in [2.75, 3.05) is 25.6 Å². The van der Waals surface area contributed by atoms with E-state index in [1.165, 1.54) is 24.3 Å². The summed E-state index contributed by atoms with van der Waals surface area (Å²) in [7, 11) is 3.86. The summed E-state index contributed by atoms with van der Waals surface area (Å²) >= 11 is 0. The number of nitrogens with two attached hydrogens (primary N) is 1. The van der Waals surface area contributed by atoms with Gasteiger partial charge in [-0.3, -0.25) is 4.79 Å². The molecule has 1 amide bonds. The van der Waals surface area contributed by atoms with Crippen LogP contribution in [0.5, 0.6) is 5.75 Å².